The molecule has 0 aliphatic carbocycles. The Labute approximate surface area is 129 Å². The zero-order chi connectivity index (χ0) is 15.8. The molecule has 2 heterocycles. The number of aromatic amines is 1. The second-order valence-corrected chi connectivity index (χ2v) is 5.00. The zero-order valence-electron chi connectivity index (χ0n) is 12.6. The van der Waals surface area contributed by atoms with Gasteiger partial charge in [-0.2, -0.15) is 0 Å². The molecule has 2 amide bonds. The third-order valence-electron chi connectivity index (χ3n) is 3.26. The Morgan fingerprint density at radius 3 is 2.59 bits per heavy atom. The monoisotopic (exact) mass is 300 g/mol. The Morgan fingerprint density at radius 2 is 1.95 bits per heavy atom. The number of pyridine rings is 1. The lowest BCUT2D eigenvalue weighted by molar-refractivity contribution is 0.0841. The highest BCUT2D eigenvalue weighted by molar-refractivity contribution is 5.97. The van der Waals surface area contributed by atoms with Crippen LogP contribution in [0.3, 0.4) is 0 Å². The van der Waals surface area contributed by atoms with Crippen LogP contribution in [0.5, 0.6) is 0 Å². The number of carbonyl (C=O) groups is 2. The van der Waals surface area contributed by atoms with E-state index in [2.05, 4.69) is 27.7 Å². The number of amides is 2. The van der Waals surface area contributed by atoms with Gasteiger partial charge in [-0.25, -0.2) is 0 Å². The van der Waals surface area contributed by atoms with Gasteiger partial charge in [0.1, 0.15) is 11.4 Å². The Balaban J connectivity index is 1.83. The number of nitrogens with one attached hydrogen (secondary N) is 3. The third kappa shape index (κ3) is 4.44. The highest BCUT2D eigenvalue weighted by Gasteiger charge is 2.10. The molecule has 0 radical (unpaired) electrons. The van der Waals surface area contributed by atoms with Crippen molar-refractivity contribution in [3.05, 3.63) is 53.6 Å². The molecule has 0 spiro atoms. The normalized spacial score (nSPS) is 10.2. The van der Waals surface area contributed by atoms with Gasteiger partial charge in [-0.3, -0.25) is 25.4 Å². The van der Waals surface area contributed by atoms with Gasteiger partial charge in [0.25, 0.3) is 11.8 Å². The predicted molar refractivity (Wildman–Crippen MR) is 83.2 cm³/mol. The maximum absolute atomic E-state index is 11.9. The van der Waals surface area contributed by atoms with Gasteiger partial charge in [0, 0.05) is 12.4 Å². The SMILES string of the molecule is CCCCCc1ccc(C(=O)NNC(=O)c2ccc[nH]2)nc1. The number of unbranched alkanes of at least 4 members (excludes halogenated alkanes) is 2. The zero-order valence-corrected chi connectivity index (χ0v) is 12.6. The third-order valence-corrected chi connectivity index (χ3v) is 3.26. The maximum atomic E-state index is 11.9. The lowest BCUT2D eigenvalue weighted by atomic mass is 10.1. The van der Waals surface area contributed by atoms with Crippen molar-refractivity contribution in [1.29, 1.82) is 0 Å². The van der Waals surface area contributed by atoms with Gasteiger partial charge in [-0.05, 0) is 36.6 Å². The van der Waals surface area contributed by atoms with Crippen LogP contribution in [-0.2, 0) is 6.42 Å². The molecule has 22 heavy (non-hydrogen) atoms. The highest BCUT2D eigenvalue weighted by atomic mass is 16.2. The molecule has 3 N–H and O–H groups in total. The van der Waals surface area contributed by atoms with Gasteiger partial charge < -0.3 is 4.98 Å². The number of hydrogen-bond donors (Lipinski definition) is 3. The molecule has 6 nitrogen and oxygen atoms in total. The lowest BCUT2D eigenvalue weighted by Gasteiger charge is -2.06. The van der Waals surface area contributed by atoms with Crippen LogP contribution in [0.25, 0.3) is 0 Å². The van der Waals surface area contributed by atoms with Gasteiger partial charge in [0.15, 0.2) is 0 Å². The van der Waals surface area contributed by atoms with Crippen molar-refractivity contribution < 1.29 is 9.59 Å². The minimum absolute atomic E-state index is 0.269. The van der Waals surface area contributed by atoms with Gasteiger partial charge in [-0.15, -0.1) is 0 Å². The van der Waals surface area contributed by atoms with E-state index in [1.807, 2.05) is 6.07 Å². The molecule has 0 fully saturated rings. The molecule has 0 bridgehead atoms. The minimum Gasteiger partial charge on any atom is -0.357 e. The number of aryl methyl sites for hydroxylation is 1. The van der Waals surface area contributed by atoms with Gasteiger partial charge in [-0.1, -0.05) is 25.8 Å². The van der Waals surface area contributed by atoms with Crippen LogP contribution in [0, 0.1) is 0 Å². The van der Waals surface area contributed by atoms with E-state index in [0.717, 1.165) is 18.4 Å². The molecule has 6 heteroatoms. The average molecular weight is 300 g/mol. The number of hydrogen-bond acceptors (Lipinski definition) is 3. The summed E-state index contributed by atoms with van der Waals surface area (Å²) in [5.41, 5.74) is 6.42. The van der Waals surface area contributed by atoms with Crippen LogP contribution < -0.4 is 10.9 Å². The van der Waals surface area contributed by atoms with Crippen LogP contribution in [0.1, 0.15) is 52.7 Å². The fourth-order valence-corrected chi connectivity index (χ4v) is 2.00. The molecule has 0 aliphatic rings. The van der Waals surface area contributed by atoms with Crippen molar-refractivity contribution in [1.82, 2.24) is 20.8 Å². The molecule has 2 rings (SSSR count). The number of rotatable bonds is 6. The molecule has 0 saturated heterocycles. The molecule has 2 aromatic heterocycles. The van der Waals surface area contributed by atoms with Crippen molar-refractivity contribution in [2.45, 2.75) is 32.6 Å². The first-order valence-corrected chi connectivity index (χ1v) is 7.39. The number of hydrazine groups is 1. The van der Waals surface area contributed by atoms with E-state index in [0.29, 0.717) is 5.69 Å². The van der Waals surface area contributed by atoms with Gasteiger partial charge in [0.2, 0.25) is 0 Å². The predicted octanol–water partition coefficient (Wildman–Crippen LogP) is 2.22. The van der Waals surface area contributed by atoms with Crippen LogP contribution >= 0.6 is 0 Å². The number of aromatic nitrogens is 2. The van der Waals surface area contributed by atoms with E-state index in [1.54, 1.807) is 30.6 Å². The van der Waals surface area contributed by atoms with Crippen LogP contribution in [-0.4, -0.2) is 21.8 Å². The summed E-state index contributed by atoms with van der Waals surface area (Å²) in [5.74, 6) is -0.852. The first-order valence-electron chi connectivity index (χ1n) is 7.39. The summed E-state index contributed by atoms with van der Waals surface area (Å²) in [4.78, 5) is 30.4. The smallest absolute Gasteiger partial charge is 0.288 e. The summed E-state index contributed by atoms with van der Waals surface area (Å²) in [6.45, 7) is 2.16. The summed E-state index contributed by atoms with van der Waals surface area (Å²) in [6, 6.07) is 6.88. The van der Waals surface area contributed by atoms with Crippen molar-refractivity contribution in [3.8, 4) is 0 Å². The summed E-state index contributed by atoms with van der Waals surface area (Å²) >= 11 is 0. The van der Waals surface area contributed by atoms with Gasteiger partial charge >= 0.3 is 0 Å². The lowest BCUT2D eigenvalue weighted by Crippen LogP contribution is -2.42. The van der Waals surface area contributed by atoms with Crippen molar-refractivity contribution in [2.24, 2.45) is 0 Å². The molecule has 0 saturated carbocycles. The quantitative estimate of drug-likeness (QED) is 0.564. The molecule has 116 valence electrons. The van der Waals surface area contributed by atoms with Crippen molar-refractivity contribution >= 4 is 11.8 Å². The van der Waals surface area contributed by atoms with E-state index in [-0.39, 0.29) is 5.69 Å². The fraction of sp³-hybridized carbons (Fsp3) is 0.312. The molecule has 0 aliphatic heterocycles. The van der Waals surface area contributed by atoms with Gasteiger partial charge in [0.05, 0.1) is 0 Å². The average Bonchev–Trinajstić information content (AvgIpc) is 3.08. The molecular formula is C16H20N4O2. The first-order chi connectivity index (χ1) is 10.7. The standard InChI is InChI=1S/C16H20N4O2/c1-2-3-4-6-12-8-9-14(18-11-12)16(22)20-19-15(21)13-7-5-10-17-13/h5,7-11,17H,2-4,6H2,1H3,(H,19,21)(H,20,22). The number of carbonyl (C=O) groups excluding carboxylic acids is 2. The van der Waals surface area contributed by atoms with Crippen molar-refractivity contribution in [3.63, 3.8) is 0 Å². The van der Waals surface area contributed by atoms with E-state index in [1.165, 1.54) is 12.8 Å². The largest absolute Gasteiger partial charge is 0.357 e. The summed E-state index contributed by atoms with van der Waals surface area (Å²) < 4.78 is 0. The van der Waals surface area contributed by atoms with E-state index in [4.69, 9.17) is 0 Å². The summed E-state index contributed by atoms with van der Waals surface area (Å²) in [6.07, 6.45) is 7.79. The van der Waals surface area contributed by atoms with E-state index >= 15 is 0 Å². The second-order valence-electron chi connectivity index (χ2n) is 5.00. The summed E-state index contributed by atoms with van der Waals surface area (Å²) in [5, 5.41) is 0. The van der Waals surface area contributed by atoms with Crippen LogP contribution in [0.15, 0.2) is 36.7 Å². The molecular weight excluding hydrogens is 280 g/mol. The van der Waals surface area contributed by atoms with E-state index < -0.39 is 11.8 Å². The van der Waals surface area contributed by atoms with Crippen LogP contribution in [0.2, 0.25) is 0 Å². The maximum Gasteiger partial charge on any atom is 0.288 e. The summed E-state index contributed by atoms with van der Waals surface area (Å²) in [7, 11) is 0. The topological polar surface area (TPSA) is 86.9 Å². The Bertz CT molecular complexity index is 606. The molecule has 2 aromatic rings. The molecule has 0 aromatic carbocycles. The highest BCUT2D eigenvalue weighted by Crippen LogP contribution is 2.06. The number of H-pyrrole nitrogens is 1. The second kappa shape index (κ2) is 7.97. The first kappa shape index (κ1) is 15.8. The Morgan fingerprint density at radius 1 is 1.14 bits per heavy atom. The Kier molecular flexibility index (Phi) is 5.71. The minimum atomic E-state index is -0.444. The van der Waals surface area contributed by atoms with E-state index in [9.17, 15) is 9.59 Å². The molecule has 0 unspecified atom stereocenters. The fourth-order valence-electron chi connectivity index (χ4n) is 2.00. The molecule has 0 atom stereocenters. The van der Waals surface area contributed by atoms with Crippen LogP contribution in [0.4, 0.5) is 0 Å². The Hall–Kier alpha value is -2.63. The number of nitrogens with zero attached hydrogens (tertiary/aromatic N) is 1. The van der Waals surface area contributed by atoms with Crippen molar-refractivity contribution in [2.75, 3.05) is 0 Å².